The van der Waals surface area contributed by atoms with E-state index in [1.165, 1.54) is 11.8 Å². The molecule has 8 heteroatoms. The number of carbonyl (C=O) groups excluding carboxylic acids is 1. The van der Waals surface area contributed by atoms with Crippen LogP contribution in [0.4, 0.5) is 0 Å². The fraction of sp³-hybridized carbons (Fsp3) is 0.200. The lowest BCUT2D eigenvalue weighted by Crippen LogP contribution is -2.28. The number of benzene rings is 1. The third-order valence-corrected chi connectivity index (χ3v) is 4.04. The highest BCUT2D eigenvalue weighted by molar-refractivity contribution is 7.99. The van der Waals surface area contributed by atoms with Crippen molar-refractivity contribution in [1.29, 1.82) is 0 Å². The van der Waals surface area contributed by atoms with E-state index in [0.717, 1.165) is 11.4 Å². The zero-order valence-corrected chi connectivity index (χ0v) is 13.2. The molecule has 0 spiro atoms. The highest BCUT2D eigenvalue weighted by Crippen LogP contribution is 2.18. The Balaban J connectivity index is 1.59. The van der Waals surface area contributed by atoms with Gasteiger partial charge in [-0.05, 0) is 41.6 Å². The average Bonchev–Trinajstić information content (AvgIpc) is 3.25. The Hall–Kier alpha value is -2.61. The van der Waals surface area contributed by atoms with Gasteiger partial charge in [-0.15, -0.1) is 5.10 Å². The number of para-hydroxylation sites is 1. The van der Waals surface area contributed by atoms with Crippen LogP contribution in [-0.4, -0.2) is 31.9 Å². The van der Waals surface area contributed by atoms with Crippen molar-refractivity contribution in [3.63, 3.8) is 0 Å². The van der Waals surface area contributed by atoms with Gasteiger partial charge < -0.3 is 9.73 Å². The van der Waals surface area contributed by atoms with Crippen molar-refractivity contribution in [2.45, 2.75) is 18.1 Å². The first-order chi connectivity index (χ1) is 11.2. The molecule has 2 heterocycles. The molecule has 2 aromatic heterocycles. The van der Waals surface area contributed by atoms with Crippen LogP contribution in [-0.2, 0) is 4.79 Å². The third-order valence-electron chi connectivity index (χ3n) is 3.12. The lowest BCUT2D eigenvalue weighted by Gasteiger charge is -2.11. The molecule has 3 aromatic rings. The number of aromatic nitrogens is 4. The summed E-state index contributed by atoms with van der Waals surface area (Å²) in [5, 5.41) is 15.0. The maximum atomic E-state index is 12.0. The maximum absolute atomic E-state index is 12.0. The van der Waals surface area contributed by atoms with Crippen LogP contribution in [0.5, 0.6) is 0 Å². The molecule has 7 nitrogen and oxygen atoms in total. The molecular formula is C15H15N5O2S. The van der Waals surface area contributed by atoms with Gasteiger partial charge in [-0.1, -0.05) is 30.0 Å². The number of nitrogens with zero attached hydrogens (tertiary/aromatic N) is 4. The molecule has 118 valence electrons. The van der Waals surface area contributed by atoms with E-state index >= 15 is 0 Å². The predicted octanol–water partition coefficient (Wildman–Crippen LogP) is 2.22. The van der Waals surface area contributed by atoms with Gasteiger partial charge in [0.2, 0.25) is 11.1 Å². The van der Waals surface area contributed by atoms with Gasteiger partial charge in [0.1, 0.15) is 5.76 Å². The summed E-state index contributed by atoms with van der Waals surface area (Å²) in [4.78, 5) is 12.0. The van der Waals surface area contributed by atoms with E-state index in [9.17, 15) is 4.79 Å². The highest BCUT2D eigenvalue weighted by Gasteiger charge is 2.14. The molecule has 0 aliphatic carbocycles. The van der Waals surface area contributed by atoms with Crippen molar-refractivity contribution in [3.05, 3.63) is 54.5 Å². The quantitative estimate of drug-likeness (QED) is 0.698. The molecule has 23 heavy (non-hydrogen) atoms. The number of carbonyl (C=O) groups is 1. The summed E-state index contributed by atoms with van der Waals surface area (Å²) in [5.41, 5.74) is 0.851. The molecule has 1 amide bonds. The van der Waals surface area contributed by atoms with Crippen LogP contribution >= 0.6 is 11.8 Å². The third kappa shape index (κ3) is 3.78. The van der Waals surface area contributed by atoms with Gasteiger partial charge in [0, 0.05) is 0 Å². The van der Waals surface area contributed by atoms with Crippen LogP contribution in [0.15, 0.2) is 58.3 Å². The molecular weight excluding hydrogens is 314 g/mol. The Morgan fingerprint density at radius 2 is 2.13 bits per heavy atom. The molecule has 0 saturated heterocycles. The topological polar surface area (TPSA) is 85.8 Å². The minimum absolute atomic E-state index is 0.110. The number of rotatable bonds is 6. The fourth-order valence-electron chi connectivity index (χ4n) is 2.02. The number of hydrogen-bond donors (Lipinski definition) is 1. The van der Waals surface area contributed by atoms with Crippen molar-refractivity contribution in [2.75, 3.05) is 5.75 Å². The van der Waals surface area contributed by atoms with Gasteiger partial charge in [0.25, 0.3) is 0 Å². The normalized spacial score (nSPS) is 12.0. The Bertz CT molecular complexity index is 757. The van der Waals surface area contributed by atoms with E-state index in [1.807, 2.05) is 43.3 Å². The van der Waals surface area contributed by atoms with Crippen LogP contribution in [0.2, 0.25) is 0 Å². The van der Waals surface area contributed by atoms with Crippen LogP contribution in [0.25, 0.3) is 5.69 Å². The Labute approximate surface area is 137 Å². The summed E-state index contributed by atoms with van der Waals surface area (Å²) in [5.74, 6) is 0.831. The number of thioether (sulfide) groups is 1. The van der Waals surface area contributed by atoms with E-state index in [0.29, 0.717) is 5.16 Å². The van der Waals surface area contributed by atoms with Gasteiger partial charge >= 0.3 is 0 Å². The van der Waals surface area contributed by atoms with Crippen LogP contribution in [0, 0.1) is 0 Å². The largest absolute Gasteiger partial charge is 0.467 e. The van der Waals surface area contributed by atoms with Gasteiger partial charge in [0.05, 0.1) is 23.7 Å². The van der Waals surface area contributed by atoms with E-state index in [4.69, 9.17) is 4.42 Å². The molecule has 0 aliphatic rings. The molecule has 1 N–H and O–H groups in total. The Morgan fingerprint density at radius 3 is 2.87 bits per heavy atom. The molecule has 3 rings (SSSR count). The van der Waals surface area contributed by atoms with Crippen molar-refractivity contribution in [3.8, 4) is 5.69 Å². The summed E-state index contributed by atoms with van der Waals surface area (Å²) in [6.07, 6.45) is 1.58. The minimum Gasteiger partial charge on any atom is -0.467 e. The first-order valence-electron chi connectivity index (χ1n) is 7.03. The molecule has 1 aromatic carbocycles. The number of furan rings is 1. The summed E-state index contributed by atoms with van der Waals surface area (Å²) >= 11 is 1.28. The van der Waals surface area contributed by atoms with E-state index < -0.39 is 0 Å². The summed E-state index contributed by atoms with van der Waals surface area (Å²) in [6.45, 7) is 1.87. The minimum atomic E-state index is -0.178. The van der Waals surface area contributed by atoms with Crippen molar-refractivity contribution in [2.24, 2.45) is 0 Å². The lowest BCUT2D eigenvalue weighted by atomic mass is 10.2. The number of tetrazole rings is 1. The van der Waals surface area contributed by atoms with E-state index in [2.05, 4.69) is 20.8 Å². The van der Waals surface area contributed by atoms with Crippen LogP contribution in [0.3, 0.4) is 0 Å². The zero-order chi connectivity index (χ0) is 16.1. The van der Waals surface area contributed by atoms with Crippen LogP contribution < -0.4 is 5.32 Å². The van der Waals surface area contributed by atoms with Crippen LogP contribution in [0.1, 0.15) is 18.7 Å². The van der Waals surface area contributed by atoms with Crippen molar-refractivity contribution in [1.82, 2.24) is 25.5 Å². The van der Waals surface area contributed by atoms with Gasteiger partial charge in [-0.2, -0.15) is 4.68 Å². The second kappa shape index (κ2) is 7.10. The fourth-order valence-corrected chi connectivity index (χ4v) is 2.72. The average molecular weight is 329 g/mol. The van der Waals surface area contributed by atoms with Gasteiger partial charge in [-0.25, -0.2) is 0 Å². The lowest BCUT2D eigenvalue weighted by molar-refractivity contribution is -0.119. The Kier molecular flexibility index (Phi) is 4.72. The first kappa shape index (κ1) is 15.3. The molecule has 0 fully saturated rings. The highest BCUT2D eigenvalue weighted by atomic mass is 32.2. The van der Waals surface area contributed by atoms with E-state index in [1.54, 1.807) is 17.0 Å². The molecule has 0 saturated carbocycles. The number of amides is 1. The van der Waals surface area contributed by atoms with Crippen molar-refractivity contribution >= 4 is 17.7 Å². The van der Waals surface area contributed by atoms with Crippen molar-refractivity contribution < 1.29 is 9.21 Å². The summed E-state index contributed by atoms with van der Waals surface area (Å²) in [6, 6.07) is 13.0. The second-order valence-electron chi connectivity index (χ2n) is 4.80. The molecule has 0 aliphatic heterocycles. The first-order valence-corrected chi connectivity index (χ1v) is 8.02. The predicted molar refractivity (Wildman–Crippen MR) is 85.1 cm³/mol. The van der Waals surface area contributed by atoms with Gasteiger partial charge in [-0.3, -0.25) is 4.79 Å². The second-order valence-corrected chi connectivity index (χ2v) is 5.74. The SMILES string of the molecule is CC(NC(=O)CSc1nnnn1-c1ccccc1)c1ccco1. The Morgan fingerprint density at radius 1 is 1.30 bits per heavy atom. The molecule has 0 bridgehead atoms. The molecule has 0 radical (unpaired) electrons. The maximum Gasteiger partial charge on any atom is 0.231 e. The standard InChI is InChI=1S/C15H15N5O2S/c1-11(13-8-5-9-22-13)16-14(21)10-23-15-17-18-19-20(15)12-6-3-2-4-7-12/h2-9,11H,10H2,1H3,(H,16,21). The number of nitrogens with one attached hydrogen (secondary N) is 1. The van der Waals surface area contributed by atoms with Gasteiger partial charge in [0.15, 0.2) is 0 Å². The molecule has 1 unspecified atom stereocenters. The number of hydrogen-bond acceptors (Lipinski definition) is 6. The zero-order valence-electron chi connectivity index (χ0n) is 12.4. The smallest absolute Gasteiger partial charge is 0.231 e. The summed E-state index contributed by atoms with van der Waals surface area (Å²) in [7, 11) is 0. The molecule has 1 atom stereocenters. The monoisotopic (exact) mass is 329 g/mol. The van der Waals surface area contributed by atoms with E-state index in [-0.39, 0.29) is 17.7 Å². The summed E-state index contributed by atoms with van der Waals surface area (Å²) < 4.78 is 6.87.